The number of furan rings is 1. The zero-order chi connectivity index (χ0) is 20.4. The van der Waals surface area contributed by atoms with Crippen LogP contribution in [0.1, 0.15) is 34.4 Å². The number of ketones is 1. The molecule has 1 aliphatic heterocycles. The summed E-state index contributed by atoms with van der Waals surface area (Å²) in [7, 11) is 0. The number of carbonyl (C=O) groups excluding carboxylic acids is 1. The molecule has 1 aliphatic rings. The smallest absolute Gasteiger partial charge is 0.225 e. The largest absolute Gasteiger partial charge is 0.467 e. The van der Waals surface area contributed by atoms with Crippen LogP contribution in [0, 0.1) is 13.8 Å². The number of hydrogen-bond acceptors (Lipinski definition) is 6. The molecule has 0 aliphatic carbocycles. The first kappa shape index (κ1) is 19.4. The number of Topliss-reactive ketones (excluding diaryl/α,β-unsaturated/α-hetero) is 1. The van der Waals surface area contributed by atoms with Gasteiger partial charge in [-0.3, -0.25) is 9.69 Å². The quantitative estimate of drug-likeness (QED) is 0.600. The summed E-state index contributed by atoms with van der Waals surface area (Å²) >= 11 is 0. The topological polar surface area (TPSA) is 67.4 Å². The summed E-state index contributed by atoms with van der Waals surface area (Å²) < 4.78 is 7.62. The summed E-state index contributed by atoms with van der Waals surface area (Å²) in [6, 6.07) is 7.51. The fraction of sp³-hybridized carbons (Fsp3) is 0.409. The minimum atomic E-state index is -0.161. The third kappa shape index (κ3) is 3.96. The maximum Gasteiger partial charge on any atom is 0.225 e. The second-order valence-electron chi connectivity index (χ2n) is 7.56. The molecule has 3 aromatic rings. The normalized spacial score (nSPS) is 16.2. The molecule has 0 saturated carbocycles. The van der Waals surface area contributed by atoms with Crippen LogP contribution in [0.3, 0.4) is 0 Å². The van der Waals surface area contributed by atoms with Crippen LogP contribution in [0.2, 0.25) is 0 Å². The summed E-state index contributed by atoms with van der Waals surface area (Å²) in [6.45, 7) is 9.97. The first-order valence-electron chi connectivity index (χ1n) is 10.0. The Morgan fingerprint density at radius 3 is 2.52 bits per heavy atom. The van der Waals surface area contributed by atoms with Crippen LogP contribution in [0.5, 0.6) is 0 Å². The van der Waals surface area contributed by atoms with Crippen LogP contribution in [0.4, 0.5) is 5.95 Å². The highest BCUT2D eigenvalue weighted by molar-refractivity contribution is 6.01. The standard InChI is InChI=1S/C22H27N5O2/c1-16-14-20(17(2)27(16)15-19-6-4-13-29-19)21(28)18(3)25-9-11-26(12-10-25)22-23-7-5-8-24-22/h4-8,13-14,18H,9-12,15H2,1-3H3/t18-/m1/s1. The molecular weight excluding hydrogens is 366 g/mol. The molecule has 0 amide bonds. The van der Waals surface area contributed by atoms with E-state index in [2.05, 4.69) is 24.3 Å². The Labute approximate surface area is 171 Å². The van der Waals surface area contributed by atoms with Crippen LogP contribution in [-0.4, -0.2) is 57.4 Å². The summed E-state index contributed by atoms with van der Waals surface area (Å²) in [4.78, 5) is 26.3. The maximum atomic E-state index is 13.3. The second-order valence-corrected chi connectivity index (χ2v) is 7.56. The maximum absolute atomic E-state index is 13.3. The SMILES string of the molecule is Cc1cc(C(=O)[C@@H](C)N2CCN(c3ncccn3)CC2)c(C)n1Cc1ccco1. The van der Waals surface area contributed by atoms with Crippen LogP contribution >= 0.6 is 0 Å². The van der Waals surface area contributed by atoms with Gasteiger partial charge in [-0.15, -0.1) is 0 Å². The highest BCUT2D eigenvalue weighted by Crippen LogP contribution is 2.21. The molecule has 0 N–H and O–H groups in total. The van der Waals surface area contributed by atoms with E-state index >= 15 is 0 Å². The molecule has 0 unspecified atom stereocenters. The average molecular weight is 393 g/mol. The molecule has 152 valence electrons. The van der Waals surface area contributed by atoms with Gasteiger partial charge in [0.1, 0.15) is 5.76 Å². The van der Waals surface area contributed by atoms with Gasteiger partial charge in [0.2, 0.25) is 5.95 Å². The van der Waals surface area contributed by atoms with Crippen LogP contribution in [0.25, 0.3) is 0 Å². The van der Waals surface area contributed by atoms with Crippen LogP contribution < -0.4 is 4.90 Å². The third-order valence-corrected chi connectivity index (χ3v) is 5.81. The van der Waals surface area contributed by atoms with Crippen molar-refractivity contribution in [3.8, 4) is 0 Å². The molecule has 0 aromatic carbocycles. The average Bonchev–Trinajstić information content (AvgIpc) is 3.37. The number of nitrogens with zero attached hydrogens (tertiary/aromatic N) is 5. The molecule has 0 spiro atoms. The van der Waals surface area contributed by atoms with Crippen molar-refractivity contribution in [2.24, 2.45) is 0 Å². The van der Waals surface area contributed by atoms with Crippen molar-refractivity contribution in [3.63, 3.8) is 0 Å². The van der Waals surface area contributed by atoms with Gasteiger partial charge in [-0.05, 0) is 45.0 Å². The van der Waals surface area contributed by atoms with Crippen molar-refractivity contribution >= 4 is 11.7 Å². The minimum absolute atomic E-state index is 0.161. The summed E-state index contributed by atoms with van der Waals surface area (Å²) in [6.07, 6.45) is 5.20. The molecule has 1 fully saturated rings. The Bertz CT molecular complexity index is 957. The molecule has 4 heterocycles. The van der Waals surface area contributed by atoms with E-state index in [9.17, 15) is 4.79 Å². The molecule has 4 rings (SSSR count). The predicted molar refractivity (Wildman–Crippen MR) is 111 cm³/mol. The number of hydrogen-bond donors (Lipinski definition) is 0. The molecule has 1 saturated heterocycles. The van der Waals surface area contributed by atoms with Crippen molar-refractivity contribution in [3.05, 3.63) is 65.6 Å². The molecule has 1 atom stereocenters. The monoisotopic (exact) mass is 393 g/mol. The fourth-order valence-electron chi connectivity index (χ4n) is 4.01. The Morgan fingerprint density at radius 1 is 1.14 bits per heavy atom. The van der Waals surface area contributed by atoms with E-state index in [-0.39, 0.29) is 11.8 Å². The highest BCUT2D eigenvalue weighted by Gasteiger charge is 2.29. The van der Waals surface area contributed by atoms with E-state index in [1.807, 2.05) is 45.0 Å². The number of carbonyl (C=O) groups is 1. The fourth-order valence-corrected chi connectivity index (χ4v) is 4.01. The van der Waals surface area contributed by atoms with Crippen LogP contribution in [0.15, 0.2) is 47.3 Å². The van der Waals surface area contributed by atoms with Crippen LogP contribution in [-0.2, 0) is 6.54 Å². The van der Waals surface area contributed by atoms with Gasteiger partial charge < -0.3 is 13.9 Å². The zero-order valence-electron chi connectivity index (χ0n) is 17.2. The molecular formula is C22H27N5O2. The first-order chi connectivity index (χ1) is 14.0. The minimum Gasteiger partial charge on any atom is -0.467 e. The van der Waals surface area contributed by atoms with E-state index in [0.717, 1.165) is 54.8 Å². The lowest BCUT2D eigenvalue weighted by atomic mass is 10.0. The van der Waals surface area contributed by atoms with E-state index in [0.29, 0.717) is 6.54 Å². The lowest BCUT2D eigenvalue weighted by molar-refractivity contribution is 0.0828. The van der Waals surface area contributed by atoms with Crippen molar-refractivity contribution in [1.29, 1.82) is 0 Å². The van der Waals surface area contributed by atoms with Crippen molar-refractivity contribution < 1.29 is 9.21 Å². The molecule has 7 nitrogen and oxygen atoms in total. The first-order valence-corrected chi connectivity index (χ1v) is 10.0. The van der Waals surface area contributed by atoms with E-state index < -0.39 is 0 Å². The summed E-state index contributed by atoms with van der Waals surface area (Å²) in [5.41, 5.74) is 2.86. The molecule has 0 radical (unpaired) electrons. The molecule has 0 bridgehead atoms. The van der Waals surface area contributed by atoms with Gasteiger partial charge in [0.15, 0.2) is 5.78 Å². The van der Waals surface area contributed by atoms with Crippen molar-refractivity contribution in [1.82, 2.24) is 19.4 Å². The van der Waals surface area contributed by atoms with Crippen molar-refractivity contribution in [2.45, 2.75) is 33.4 Å². The van der Waals surface area contributed by atoms with Gasteiger partial charge in [0.05, 0.1) is 18.8 Å². The third-order valence-electron chi connectivity index (χ3n) is 5.81. The lowest BCUT2D eigenvalue weighted by Crippen LogP contribution is -2.52. The predicted octanol–water partition coefficient (Wildman–Crippen LogP) is 2.93. The van der Waals surface area contributed by atoms with Gasteiger partial charge in [0.25, 0.3) is 0 Å². The van der Waals surface area contributed by atoms with E-state index in [4.69, 9.17) is 4.42 Å². The Morgan fingerprint density at radius 2 is 1.86 bits per heavy atom. The Kier molecular flexibility index (Phi) is 5.49. The molecule has 3 aromatic heterocycles. The van der Waals surface area contributed by atoms with Gasteiger partial charge in [-0.2, -0.15) is 0 Å². The molecule has 29 heavy (non-hydrogen) atoms. The highest BCUT2D eigenvalue weighted by atomic mass is 16.3. The number of anilines is 1. The van der Waals surface area contributed by atoms with E-state index in [1.165, 1.54) is 0 Å². The Balaban J connectivity index is 1.43. The van der Waals surface area contributed by atoms with Gasteiger partial charge in [-0.25, -0.2) is 9.97 Å². The van der Waals surface area contributed by atoms with Gasteiger partial charge in [-0.1, -0.05) is 0 Å². The van der Waals surface area contributed by atoms with Gasteiger partial charge in [0, 0.05) is 55.5 Å². The number of aryl methyl sites for hydroxylation is 1. The summed E-state index contributed by atoms with van der Waals surface area (Å²) in [5.74, 6) is 1.82. The van der Waals surface area contributed by atoms with Gasteiger partial charge >= 0.3 is 0 Å². The lowest BCUT2D eigenvalue weighted by Gasteiger charge is -2.37. The number of piperazine rings is 1. The summed E-state index contributed by atoms with van der Waals surface area (Å²) in [5, 5.41) is 0. The molecule has 7 heteroatoms. The Hall–Kier alpha value is -2.93. The second kappa shape index (κ2) is 8.21. The number of rotatable bonds is 6. The zero-order valence-corrected chi connectivity index (χ0v) is 17.2. The number of aromatic nitrogens is 3. The van der Waals surface area contributed by atoms with Crippen molar-refractivity contribution in [2.75, 3.05) is 31.1 Å². The van der Waals surface area contributed by atoms with E-state index in [1.54, 1.807) is 18.7 Å².